The van der Waals surface area contributed by atoms with Crippen molar-refractivity contribution in [2.75, 3.05) is 12.5 Å². The van der Waals surface area contributed by atoms with Crippen LogP contribution in [0, 0.1) is 0 Å². The predicted molar refractivity (Wildman–Crippen MR) is 63.1 cm³/mol. The van der Waals surface area contributed by atoms with Crippen LogP contribution in [-0.4, -0.2) is 13.1 Å². The van der Waals surface area contributed by atoms with Crippen molar-refractivity contribution in [3.63, 3.8) is 0 Å². The number of benzene rings is 2. The van der Waals surface area contributed by atoms with E-state index in [2.05, 4.69) is 5.43 Å². The summed E-state index contributed by atoms with van der Waals surface area (Å²) in [6, 6.07) is 11.0. The number of carbonyl (C=O) groups excluding carboxylic acids is 1. The Morgan fingerprint density at radius 2 is 2.12 bits per heavy atom. The van der Waals surface area contributed by atoms with Gasteiger partial charge in [0.25, 0.3) is 0 Å². The number of nitrogen functional groups attached to an aromatic ring is 1. The summed E-state index contributed by atoms with van der Waals surface area (Å²) in [7, 11) is 1.37. The Balaban J connectivity index is 2.65. The molecule has 0 unspecified atom stereocenters. The normalized spacial score (nSPS) is 10.1. The molecule has 0 saturated heterocycles. The lowest BCUT2D eigenvalue weighted by Gasteiger charge is -2.06. The van der Waals surface area contributed by atoms with Crippen LogP contribution in [-0.2, 0) is 4.74 Å². The second-order valence-electron chi connectivity index (χ2n) is 3.38. The van der Waals surface area contributed by atoms with Gasteiger partial charge in [-0.05, 0) is 29.0 Å². The zero-order valence-corrected chi connectivity index (χ0v) is 8.86. The van der Waals surface area contributed by atoms with Crippen molar-refractivity contribution in [3.05, 3.63) is 42.0 Å². The first kappa shape index (κ1) is 10.4. The molecule has 0 fully saturated rings. The Bertz CT molecular complexity index is 538. The molecular formula is C12H12N2O2. The Morgan fingerprint density at radius 1 is 1.31 bits per heavy atom. The predicted octanol–water partition coefficient (Wildman–Crippen LogP) is 1.91. The highest BCUT2D eigenvalue weighted by Crippen LogP contribution is 2.22. The van der Waals surface area contributed by atoms with Gasteiger partial charge in [-0.2, -0.15) is 0 Å². The van der Waals surface area contributed by atoms with Crippen molar-refractivity contribution in [2.45, 2.75) is 0 Å². The summed E-state index contributed by atoms with van der Waals surface area (Å²) in [4.78, 5) is 11.5. The molecule has 16 heavy (non-hydrogen) atoms. The van der Waals surface area contributed by atoms with Crippen LogP contribution in [0.3, 0.4) is 0 Å². The summed E-state index contributed by atoms with van der Waals surface area (Å²) in [6.45, 7) is 0. The molecule has 0 saturated carbocycles. The molecule has 2 aromatic rings. The number of hydrazine groups is 1. The number of hydrogen-bond donors (Lipinski definition) is 2. The zero-order chi connectivity index (χ0) is 11.5. The van der Waals surface area contributed by atoms with Gasteiger partial charge >= 0.3 is 5.97 Å². The Hall–Kier alpha value is -2.07. The number of nitrogens with one attached hydrogen (secondary N) is 1. The van der Waals surface area contributed by atoms with Crippen LogP contribution in [0.25, 0.3) is 10.8 Å². The van der Waals surface area contributed by atoms with Crippen LogP contribution in [0.5, 0.6) is 0 Å². The summed E-state index contributed by atoms with van der Waals surface area (Å²) in [5.41, 5.74) is 3.92. The van der Waals surface area contributed by atoms with E-state index in [-0.39, 0.29) is 5.97 Å². The molecule has 0 radical (unpaired) electrons. The van der Waals surface area contributed by atoms with Crippen molar-refractivity contribution in [1.29, 1.82) is 0 Å². The summed E-state index contributed by atoms with van der Waals surface area (Å²) in [5, 5.41) is 1.80. The summed E-state index contributed by atoms with van der Waals surface area (Å²) < 4.78 is 4.72. The van der Waals surface area contributed by atoms with E-state index in [1.54, 1.807) is 6.07 Å². The third-order valence-corrected chi connectivity index (χ3v) is 2.45. The molecule has 0 heterocycles. The van der Waals surface area contributed by atoms with Gasteiger partial charge in [0.2, 0.25) is 0 Å². The molecule has 0 amide bonds. The number of methoxy groups -OCH3 is 1. The van der Waals surface area contributed by atoms with Crippen LogP contribution >= 0.6 is 0 Å². The third-order valence-electron chi connectivity index (χ3n) is 2.45. The smallest absolute Gasteiger partial charge is 0.338 e. The van der Waals surface area contributed by atoms with Crippen LogP contribution in [0.15, 0.2) is 36.4 Å². The van der Waals surface area contributed by atoms with E-state index in [1.165, 1.54) is 7.11 Å². The molecule has 3 N–H and O–H groups in total. The molecule has 0 bridgehead atoms. The lowest BCUT2D eigenvalue weighted by atomic mass is 10.0. The molecule has 0 aliphatic heterocycles. The Labute approximate surface area is 93.0 Å². The molecular weight excluding hydrogens is 204 g/mol. The quantitative estimate of drug-likeness (QED) is 0.457. The first-order valence-electron chi connectivity index (χ1n) is 4.84. The van der Waals surface area contributed by atoms with Crippen molar-refractivity contribution in [1.82, 2.24) is 0 Å². The molecule has 2 aromatic carbocycles. The molecule has 0 spiro atoms. The largest absolute Gasteiger partial charge is 0.465 e. The standard InChI is InChI=1S/C12H12N2O2/c1-16-12(15)11-4-2-3-8-7-9(14-13)5-6-10(8)11/h2-7,14H,13H2,1H3. The van der Waals surface area contributed by atoms with Crippen molar-refractivity contribution >= 4 is 22.4 Å². The third kappa shape index (κ3) is 1.70. The average molecular weight is 216 g/mol. The zero-order valence-electron chi connectivity index (χ0n) is 8.86. The van der Waals surface area contributed by atoms with E-state index in [9.17, 15) is 4.79 Å². The minimum Gasteiger partial charge on any atom is -0.465 e. The van der Waals surface area contributed by atoms with Crippen molar-refractivity contribution < 1.29 is 9.53 Å². The highest BCUT2D eigenvalue weighted by atomic mass is 16.5. The first-order chi connectivity index (χ1) is 7.76. The number of fused-ring (bicyclic) bond motifs is 1. The maximum absolute atomic E-state index is 11.5. The lowest BCUT2D eigenvalue weighted by molar-refractivity contribution is 0.0603. The van der Waals surface area contributed by atoms with E-state index in [4.69, 9.17) is 10.6 Å². The fraction of sp³-hybridized carbons (Fsp3) is 0.0833. The Morgan fingerprint density at radius 3 is 2.81 bits per heavy atom. The van der Waals surface area contributed by atoms with Gasteiger partial charge in [-0.1, -0.05) is 18.2 Å². The molecule has 82 valence electrons. The van der Waals surface area contributed by atoms with E-state index in [0.717, 1.165) is 16.5 Å². The van der Waals surface area contributed by atoms with Crippen LogP contribution in [0.2, 0.25) is 0 Å². The highest BCUT2D eigenvalue weighted by molar-refractivity contribution is 6.05. The fourth-order valence-corrected chi connectivity index (χ4v) is 1.66. The van der Waals surface area contributed by atoms with Gasteiger partial charge in [0.1, 0.15) is 0 Å². The highest BCUT2D eigenvalue weighted by Gasteiger charge is 2.09. The van der Waals surface area contributed by atoms with E-state index in [1.807, 2.05) is 30.3 Å². The van der Waals surface area contributed by atoms with Gasteiger partial charge in [0, 0.05) is 5.69 Å². The maximum Gasteiger partial charge on any atom is 0.338 e. The second-order valence-corrected chi connectivity index (χ2v) is 3.38. The first-order valence-corrected chi connectivity index (χ1v) is 4.84. The van der Waals surface area contributed by atoms with Gasteiger partial charge in [-0.15, -0.1) is 0 Å². The topological polar surface area (TPSA) is 64.3 Å². The fourth-order valence-electron chi connectivity index (χ4n) is 1.66. The van der Waals surface area contributed by atoms with Gasteiger partial charge in [-0.3, -0.25) is 5.84 Å². The van der Waals surface area contributed by atoms with Crippen LogP contribution in [0.4, 0.5) is 5.69 Å². The average Bonchev–Trinajstić information content (AvgIpc) is 2.36. The van der Waals surface area contributed by atoms with E-state index >= 15 is 0 Å². The molecule has 4 nitrogen and oxygen atoms in total. The molecule has 0 aromatic heterocycles. The molecule has 0 aliphatic rings. The number of nitrogens with two attached hydrogens (primary N) is 1. The minimum absolute atomic E-state index is 0.334. The maximum atomic E-state index is 11.5. The van der Waals surface area contributed by atoms with Gasteiger partial charge in [-0.25, -0.2) is 4.79 Å². The number of ether oxygens (including phenoxy) is 1. The summed E-state index contributed by atoms with van der Waals surface area (Å²) in [5.74, 6) is 4.99. The van der Waals surface area contributed by atoms with Gasteiger partial charge < -0.3 is 10.2 Å². The molecule has 4 heteroatoms. The summed E-state index contributed by atoms with van der Waals surface area (Å²) >= 11 is 0. The van der Waals surface area contributed by atoms with Crippen LogP contribution < -0.4 is 11.3 Å². The van der Waals surface area contributed by atoms with E-state index < -0.39 is 0 Å². The second kappa shape index (κ2) is 4.20. The van der Waals surface area contributed by atoms with Crippen molar-refractivity contribution in [2.24, 2.45) is 5.84 Å². The van der Waals surface area contributed by atoms with Crippen LogP contribution in [0.1, 0.15) is 10.4 Å². The number of anilines is 1. The summed E-state index contributed by atoms with van der Waals surface area (Å²) in [6.07, 6.45) is 0. The number of esters is 1. The monoisotopic (exact) mass is 216 g/mol. The van der Waals surface area contributed by atoms with Gasteiger partial charge in [0.15, 0.2) is 0 Å². The minimum atomic E-state index is -0.334. The Kier molecular flexibility index (Phi) is 2.74. The number of hydrogen-bond acceptors (Lipinski definition) is 4. The van der Waals surface area contributed by atoms with E-state index in [0.29, 0.717) is 5.56 Å². The molecule has 0 aliphatic carbocycles. The number of carbonyl (C=O) groups is 1. The SMILES string of the molecule is COC(=O)c1cccc2cc(NN)ccc12. The lowest BCUT2D eigenvalue weighted by Crippen LogP contribution is -2.06. The number of rotatable bonds is 2. The molecule has 0 atom stereocenters. The molecule has 2 rings (SSSR count). The van der Waals surface area contributed by atoms with Crippen molar-refractivity contribution in [3.8, 4) is 0 Å². The van der Waals surface area contributed by atoms with Gasteiger partial charge in [0.05, 0.1) is 12.7 Å².